The highest BCUT2D eigenvalue weighted by Crippen LogP contribution is 2.30. The molecule has 3 aromatic carbocycles. The van der Waals surface area contributed by atoms with Crippen molar-refractivity contribution in [1.82, 2.24) is 0 Å². The molecule has 2 heteroatoms. The summed E-state index contributed by atoms with van der Waals surface area (Å²) in [6.45, 7) is 0. The molecule has 0 aliphatic heterocycles. The first-order valence-electron chi connectivity index (χ1n) is 7.23. The third-order valence-electron chi connectivity index (χ3n) is 3.90. The van der Waals surface area contributed by atoms with Crippen LogP contribution in [0.4, 0.5) is 0 Å². The molecule has 3 aromatic rings. The van der Waals surface area contributed by atoms with Crippen molar-refractivity contribution in [2.24, 2.45) is 5.73 Å². The Labute approximate surface area is 138 Å². The maximum atomic E-state index is 6.87. The van der Waals surface area contributed by atoms with E-state index in [0.29, 0.717) is 0 Å². The summed E-state index contributed by atoms with van der Waals surface area (Å²) >= 11 is 0. The zero-order chi connectivity index (χ0) is 14.5. The van der Waals surface area contributed by atoms with Crippen LogP contribution in [0.5, 0.6) is 0 Å². The normalized spacial score (nSPS) is 10.8. The molecule has 3 rings (SSSR count). The van der Waals surface area contributed by atoms with Gasteiger partial charge in [0.1, 0.15) is 0 Å². The molecular weight excluding hydrogens is 290 g/mol. The van der Waals surface area contributed by atoms with E-state index in [1.54, 1.807) is 0 Å². The van der Waals surface area contributed by atoms with Gasteiger partial charge in [0, 0.05) is 0 Å². The van der Waals surface area contributed by atoms with E-state index in [1.165, 1.54) is 5.56 Å². The number of nitrogens with two attached hydrogens (primary N) is 1. The lowest BCUT2D eigenvalue weighted by Crippen LogP contribution is -2.40. The van der Waals surface area contributed by atoms with Crippen LogP contribution in [0.15, 0.2) is 91.0 Å². The Hall–Kier alpha value is -2.09. The highest BCUT2D eigenvalue weighted by atomic mass is 35.5. The van der Waals surface area contributed by atoms with Gasteiger partial charge in [-0.1, -0.05) is 91.0 Å². The summed E-state index contributed by atoms with van der Waals surface area (Å²) in [5, 5.41) is 0. The molecule has 1 nitrogen and oxygen atoms in total. The van der Waals surface area contributed by atoms with E-state index in [2.05, 4.69) is 48.5 Å². The number of hydrogen-bond acceptors (Lipinski definition) is 1. The van der Waals surface area contributed by atoms with Gasteiger partial charge < -0.3 is 5.73 Å². The number of hydrogen-bond donors (Lipinski definition) is 1. The fraction of sp³-hybridized carbons (Fsp3) is 0.100. The van der Waals surface area contributed by atoms with Crippen LogP contribution < -0.4 is 5.73 Å². The first-order chi connectivity index (χ1) is 10.3. The van der Waals surface area contributed by atoms with E-state index in [9.17, 15) is 0 Å². The van der Waals surface area contributed by atoms with Crippen molar-refractivity contribution in [3.05, 3.63) is 108 Å². The predicted molar refractivity (Wildman–Crippen MR) is 95.2 cm³/mol. The molecule has 0 heterocycles. The molecule has 0 radical (unpaired) electrons. The van der Waals surface area contributed by atoms with Gasteiger partial charge >= 0.3 is 0 Å². The van der Waals surface area contributed by atoms with Crippen LogP contribution in [0, 0.1) is 0 Å². The third-order valence-corrected chi connectivity index (χ3v) is 3.90. The van der Waals surface area contributed by atoms with Crippen molar-refractivity contribution in [3.8, 4) is 0 Å². The van der Waals surface area contributed by atoms with E-state index in [-0.39, 0.29) is 12.4 Å². The first-order valence-corrected chi connectivity index (χ1v) is 7.23. The van der Waals surface area contributed by atoms with Crippen LogP contribution in [-0.4, -0.2) is 0 Å². The van der Waals surface area contributed by atoms with Crippen molar-refractivity contribution >= 4 is 12.4 Å². The van der Waals surface area contributed by atoms with Crippen molar-refractivity contribution in [3.63, 3.8) is 0 Å². The minimum Gasteiger partial charge on any atom is -0.317 e. The highest BCUT2D eigenvalue weighted by molar-refractivity contribution is 5.85. The largest absolute Gasteiger partial charge is 0.317 e. The Balaban J connectivity index is 0.00000176. The fourth-order valence-corrected chi connectivity index (χ4v) is 2.76. The topological polar surface area (TPSA) is 26.0 Å². The van der Waals surface area contributed by atoms with Crippen molar-refractivity contribution in [2.75, 3.05) is 0 Å². The average Bonchev–Trinajstić information content (AvgIpc) is 2.57. The van der Waals surface area contributed by atoms with Gasteiger partial charge in [-0.3, -0.25) is 0 Å². The fourth-order valence-electron chi connectivity index (χ4n) is 2.76. The lowest BCUT2D eigenvalue weighted by Gasteiger charge is -2.31. The van der Waals surface area contributed by atoms with Gasteiger partial charge in [-0.15, -0.1) is 12.4 Å². The van der Waals surface area contributed by atoms with Gasteiger partial charge in [-0.25, -0.2) is 0 Å². The zero-order valence-corrected chi connectivity index (χ0v) is 13.2. The summed E-state index contributed by atoms with van der Waals surface area (Å²) < 4.78 is 0. The third kappa shape index (κ3) is 3.38. The maximum Gasteiger partial charge on any atom is 0.0706 e. The summed E-state index contributed by atoms with van der Waals surface area (Å²) in [6.07, 6.45) is 0.780. The molecule has 112 valence electrons. The Bertz CT molecular complexity index is 641. The molecule has 0 aromatic heterocycles. The molecule has 0 atom stereocenters. The monoisotopic (exact) mass is 309 g/mol. The quantitative estimate of drug-likeness (QED) is 0.751. The smallest absolute Gasteiger partial charge is 0.0706 e. The summed E-state index contributed by atoms with van der Waals surface area (Å²) in [4.78, 5) is 0. The molecule has 0 amide bonds. The van der Waals surface area contributed by atoms with Crippen LogP contribution in [0.1, 0.15) is 16.7 Å². The zero-order valence-electron chi connectivity index (χ0n) is 12.4. The Morgan fingerprint density at radius 1 is 0.591 bits per heavy atom. The number of benzene rings is 3. The van der Waals surface area contributed by atoms with Crippen molar-refractivity contribution < 1.29 is 0 Å². The molecular formula is C20H20ClN. The van der Waals surface area contributed by atoms with Gasteiger partial charge in [-0.2, -0.15) is 0 Å². The van der Waals surface area contributed by atoms with Gasteiger partial charge in [0.25, 0.3) is 0 Å². The van der Waals surface area contributed by atoms with E-state index in [1.807, 2.05) is 42.5 Å². The highest BCUT2D eigenvalue weighted by Gasteiger charge is 2.29. The van der Waals surface area contributed by atoms with Crippen LogP contribution in [-0.2, 0) is 12.0 Å². The summed E-state index contributed by atoms with van der Waals surface area (Å²) in [5.74, 6) is 0. The Kier molecular flexibility index (Phi) is 5.37. The van der Waals surface area contributed by atoms with E-state index < -0.39 is 5.54 Å². The second-order valence-corrected chi connectivity index (χ2v) is 5.37. The van der Waals surface area contributed by atoms with Crippen molar-refractivity contribution in [1.29, 1.82) is 0 Å². The lowest BCUT2D eigenvalue weighted by molar-refractivity contribution is 0.535. The van der Waals surface area contributed by atoms with Crippen LogP contribution in [0.25, 0.3) is 0 Å². The van der Waals surface area contributed by atoms with Crippen LogP contribution >= 0.6 is 12.4 Å². The molecule has 2 N–H and O–H groups in total. The molecule has 0 fully saturated rings. The molecule has 0 aliphatic rings. The molecule has 0 aliphatic carbocycles. The number of rotatable bonds is 4. The predicted octanol–water partition coefficient (Wildman–Crippen LogP) is 4.55. The SMILES string of the molecule is Cl.NC(Cc1ccccc1)(c1ccccc1)c1ccccc1. The standard InChI is InChI=1S/C20H19N.ClH/c21-20(18-12-6-2-7-13-18,19-14-8-3-9-15-19)16-17-10-4-1-5-11-17;/h1-15H,16,21H2;1H. The molecule has 0 spiro atoms. The number of halogens is 1. The second-order valence-electron chi connectivity index (χ2n) is 5.37. The second kappa shape index (κ2) is 7.26. The van der Waals surface area contributed by atoms with E-state index in [0.717, 1.165) is 17.5 Å². The summed E-state index contributed by atoms with van der Waals surface area (Å²) in [7, 11) is 0. The lowest BCUT2D eigenvalue weighted by atomic mass is 9.79. The summed E-state index contributed by atoms with van der Waals surface area (Å²) in [5.41, 5.74) is 9.88. The van der Waals surface area contributed by atoms with Gasteiger partial charge in [0.2, 0.25) is 0 Å². The molecule has 0 saturated heterocycles. The Morgan fingerprint density at radius 2 is 0.955 bits per heavy atom. The average molecular weight is 310 g/mol. The summed E-state index contributed by atoms with van der Waals surface area (Å²) in [6, 6.07) is 31.1. The van der Waals surface area contributed by atoms with Gasteiger partial charge in [-0.05, 0) is 23.1 Å². The van der Waals surface area contributed by atoms with E-state index >= 15 is 0 Å². The van der Waals surface area contributed by atoms with Crippen LogP contribution in [0.2, 0.25) is 0 Å². The van der Waals surface area contributed by atoms with Gasteiger partial charge in [0.05, 0.1) is 5.54 Å². The minimum absolute atomic E-state index is 0. The van der Waals surface area contributed by atoms with Crippen LogP contribution in [0.3, 0.4) is 0 Å². The van der Waals surface area contributed by atoms with Gasteiger partial charge in [0.15, 0.2) is 0 Å². The molecule has 0 saturated carbocycles. The minimum atomic E-state index is -0.510. The first kappa shape index (κ1) is 16.3. The molecule has 22 heavy (non-hydrogen) atoms. The molecule has 0 bridgehead atoms. The molecule has 0 unspecified atom stereocenters. The van der Waals surface area contributed by atoms with Crippen molar-refractivity contribution in [2.45, 2.75) is 12.0 Å². The maximum absolute atomic E-state index is 6.87. The van der Waals surface area contributed by atoms with E-state index in [4.69, 9.17) is 5.73 Å². The Morgan fingerprint density at radius 3 is 1.36 bits per heavy atom.